The zero-order valence-corrected chi connectivity index (χ0v) is 12.9. The molecule has 0 saturated heterocycles. The molecule has 0 aromatic carbocycles. The van der Waals surface area contributed by atoms with E-state index in [-0.39, 0.29) is 36.5 Å². The predicted octanol–water partition coefficient (Wildman–Crippen LogP) is 1.40. The van der Waals surface area contributed by atoms with E-state index in [2.05, 4.69) is 26.1 Å². The van der Waals surface area contributed by atoms with Gasteiger partial charge in [0.1, 0.15) is 0 Å². The summed E-state index contributed by atoms with van der Waals surface area (Å²) in [7, 11) is 5.42. The number of ketones is 1. The lowest BCUT2D eigenvalue weighted by Crippen LogP contribution is -2.47. The first-order valence-corrected chi connectivity index (χ1v) is 7.08. The van der Waals surface area contributed by atoms with Crippen molar-refractivity contribution in [1.29, 1.82) is 0 Å². The third-order valence-corrected chi connectivity index (χ3v) is 3.02. The van der Waals surface area contributed by atoms with E-state index in [0.29, 0.717) is 12.6 Å². The summed E-state index contributed by atoms with van der Waals surface area (Å²) in [6.45, 7) is 10.6. The number of carbonyl (C=O) groups is 2. The molecule has 0 unspecified atom stereocenters. The summed E-state index contributed by atoms with van der Waals surface area (Å²) in [6.07, 6.45) is 0.853. The van der Waals surface area contributed by atoms with Crippen LogP contribution >= 0.6 is 0 Å². The summed E-state index contributed by atoms with van der Waals surface area (Å²) in [5, 5.41) is 3.40. The van der Waals surface area contributed by atoms with Gasteiger partial charge in [0.2, 0.25) is 5.91 Å². The van der Waals surface area contributed by atoms with E-state index in [0.717, 1.165) is 6.42 Å². The Labute approximate surface area is 118 Å². The molecule has 0 aliphatic carbocycles. The highest BCUT2D eigenvalue weighted by atomic mass is 16.2. The first kappa shape index (κ1) is 18.2. The number of nitrogens with one attached hydrogen (secondary N) is 1. The Bertz CT molecular complexity index is 293. The van der Waals surface area contributed by atoms with Crippen LogP contribution in [0.3, 0.4) is 0 Å². The quantitative estimate of drug-likeness (QED) is 0.642. The van der Waals surface area contributed by atoms with Crippen LogP contribution in [0.4, 0.5) is 0 Å². The number of nitrogens with zero attached hydrogens (tertiary/aromatic N) is 1. The van der Waals surface area contributed by atoms with Crippen LogP contribution in [-0.2, 0) is 9.59 Å². The summed E-state index contributed by atoms with van der Waals surface area (Å²) < 4.78 is 0. The molecular formula is C14H27BN2O2. The van der Waals surface area contributed by atoms with Gasteiger partial charge >= 0.3 is 0 Å². The van der Waals surface area contributed by atoms with E-state index >= 15 is 0 Å². The Morgan fingerprint density at radius 3 is 2.16 bits per heavy atom. The van der Waals surface area contributed by atoms with Crippen molar-refractivity contribution in [3.05, 3.63) is 0 Å². The molecule has 0 aromatic rings. The number of rotatable bonds is 9. The van der Waals surface area contributed by atoms with Crippen LogP contribution in [0.25, 0.3) is 0 Å². The van der Waals surface area contributed by atoms with Gasteiger partial charge in [0.25, 0.3) is 0 Å². The Hall–Kier alpha value is -0.835. The Morgan fingerprint density at radius 2 is 1.79 bits per heavy atom. The van der Waals surface area contributed by atoms with Crippen molar-refractivity contribution in [3.63, 3.8) is 0 Å². The minimum atomic E-state index is -0.169. The predicted molar refractivity (Wildman–Crippen MR) is 79.3 cm³/mol. The van der Waals surface area contributed by atoms with Gasteiger partial charge in [-0.3, -0.25) is 9.59 Å². The number of hydrogen-bond donors (Lipinski definition) is 1. The van der Waals surface area contributed by atoms with E-state index in [1.165, 1.54) is 0 Å². The molecule has 0 aromatic heterocycles. The molecule has 5 heteroatoms. The molecule has 0 saturated carbocycles. The second kappa shape index (κ2) is 9.13. The van der Waals surface area contributed by atoms with E-state index < -0.39 is 0 Å². The Kier molecular flexibility index (Phi) is 8.73. The van der Waals surface area contributed by atoms with Gasteiger partial charge in [0.05, 0.1) is 14.4 Å². The minimum Gasteiger partial charge on any atom is -0.334 e. The fourth-order valence-electron chi connectivity index (χ4n) is 1.79. The molecule has 0 aliphatic rings. The second-order valence-corrected chi connectivity index (χ2v) is 5.53. The van der Waals surface area contributed by atoms with Crippen molar-refractivity contribution in [2.45, 2.75) is 59.4 Å². The van der Waals surface area contributed by atoms with Crippen molar-refractivity contribution in [1.82, 2.24) is 10.2 Å². The van der Waals surface area contributed by atoms with E-state index in [9.17, 15) is 9.59 Å². The van der Waals surface area contributed by atoms with Crippen LogP contribution in [-0.4, -0.2) is 49.6 Å². The third-order valence-electron chi connectivity index (χ3n) is 3.02. The van der Waals surface area contributed by atoms with Crippen molar-refractivity contribution in [2.24, 2.45) is 5.92 Å². The van der Waals surface area contributed by atoms with Crippen LogP contribution in [0.2, 0.25) is 6.32 Å². The summed E-state index contributed by atoms with van der Waals surface area (Å²) in [4.78, 5) is 25.2. The molecule has 0 bridgehead atoms. The van der Waals surface area contributed by atoms with Gasteiger partial charge in [0, 0.05) is 24.5 Å². The molecule has 2 radical (unpaired) electrons. The van der Waals surface area contributed by atoms with E-state index in [4.69, 9.17) is 7.85 Å². The molecule has 1 atom stereocenters. The lowest BCUT2D eigenvalue weighted by Gasteiger charge is -2.29. The van der Waals surface area contributed by atoms with Crippen LogP contribution < -0.4 is 5.32 Å². The van der Waals surface area contributed by atoms with Crippen molar-refractivity contribution in [3.8, 4) is 0 Å². The summed E-state index contributed by atoms with van der Waals surface area (Å²) in [5.41, 5.74) is 0. The molecule has 0 rings (SSSR count). The fourth-order valence-corrected chi connectivity index (χ4v) is 1.79. The fraction of sp³-hybridized carbons (Fsp3) is 0.857. The van der Waals surface area contributed by atoms with Gasteiger partial charge in [0.15, 0.2) is 5.78 Å². The Morgan fingerprint density at radius 1 is 1.21 bits per heavy atom. The van der Waals surface area contributed by atoms with Crippen molar-refractivity contribution >= 4 is 19.5 Å². The largest absolute Gasteiger partial charge is 0.334 e. The maximum atomic E-state index is 11.8. The average molecular weight is 266 g/mol. The zero-order chi connectivity index (χ0) is 15.0. The van der Waals surface area contributed by atoms with Crippen molar-refractivity contribution < 1.29 is 9.59 Å². The number of Topliss-reactive ketones (excluding diaryl/α,β-unsaturated/α-hetero) is 1. The molecule has 0 aliphatic heterocycles. The highest BCUT2D eigenvalue weighted by Gasteiger charge is 2.20. The number of carbonyl (C=O) groups excluding carboxylic acids is 2. The van der Waals surface area contributed by atoms with Crippen LogP contribution in [0.5, 0.6) is 0 Å². The van der Waals surface area contributed by atoms with Gasteiger partial charge < -0.3 is 10.2 Å². The monoisotopic (exact) mass is 266 g/mol. The maximum absolute atomic E-state index is 11.8. The Balaban J connectivity index is 4.66. The smallest absolute Gasteiger partial charge is 0.214 e. The second-order valence-electron chi connectivity index (χ2n) is 5.53. The van der Waals surface area contributed by atoms with Gasteiger partial charge in [-0.15, -0.1) is 0 Å². The zero-order valence-electron chi connectivity index (χ0n) is 12.9. The lowest BCUT2D eigenvalue weighted by molar-refractivity contribution is -0.134. The van der Waals surface area contributed by atoms with Gasteiger partial charge in [-0.2, -0.15) is 0 Å². The standard InChI is InChI=1S/C14H27BN2O2/c1-6-12(16-11(4)5)8-17(14(19)7-15)9-13(18)10(2)3/h10-12,16H,6-9H2,1-5H3/t12-/m0/s1. The first-order chi connectivity index (χ1) is 8.81. The topological polar surface area (TPSA) is 49.4 Å². The number of amides is 1. The summed E-state index contributed by atoms with van der Waals surface area (Å²) >= 11 is 0. The highest BCUT2D eigenvalue weighted by Crippen LogP contribution is 2.04. The molecule has 0 heterocycles. The van der Waals surface area contributed by atoms with Crippen molar-refractivity contribution in [2.75, 3.05) is 13.1 Å². The van der Waals surface area contributed by atoms with E-state index in [1.54, 1.807) is 4.90 Å². The van der Waals surface area contributed by atoms with Crippen LogP contribution in [0.1, 0.15) is 41.0 Å². The molecule has 1 amide bonds. The number of hydrogen-bond acceptors (Lipinski definition) is 3. The molecule has 108 valence electrons. The van der Waals surface area contributed by atoms with Crippen LogP contribution in [0.15, 0.2) is 0 Å². The van der Waals surface area contributed by atoms with Gasteiger partial charge in [-0.25, -0.2) is 0 Å². The third kappa shape index (κ3) is 7.36. The molecule has 19 heavy (non-hydrogen) atoms. The minimum absolute atomic E-state index is 0.0521. The molecule has 4 nitrogen and oxygen atoms in total. The SMILES string of the molecule is [B]CC(=O)N(CC(=O)C(C)C)C[C@H](CC)NC(C)C. The average Bonchev–Trinajstić information content (AvgIpc) is 2.34. The van der Waals surface area contributed by atoms with Crippen LogP contribution in [0, 0.1) is 5.92 Å². The summed E-state index contributed by atoms with van der Waals surface area (Å²) in [6, 6.07) is 0.538. The first-order valence-electron chi connectivity index (χ1n) is 7.08. The van der Waals surface area contributed by atoms with Gasteiger partial charge in [-0.1, -0.05) is 34.6 Å². The molecular weight excluding hydrogens is 239 g/mol. The maximum Gasteiger partial charge on any atom is 0.214 e. The molecule has 1 N–H and O–H groups in total. The van der Waals surface area contributed by atoms with Gasteiger partial charge in [-0.05, 0) is 12.7 Å². The molecule has 0 spiro atoms. The lowest BCUT2D eigenvalue weighted by atomic mass is 10.0. The molecule has 0 fully saturated rings. The normalized spacial score (nSPS) is 12.8. The van der Waals surface area contributed by atoms with E-state index in [1.807, 2.05) is 13.8 Å². The summed E-state index contributed by atoms with van der Waals surface area (Å²) in [5.74, 6) is -0.162. The highest BCUT2D eigenvalue weighted by molar-refractivity contribution is 6.19.